The van der Waals surface area contributed by atoms with Gasteiger partial charge >= 0.3 is 0 Å². The van der Waals surface area contributed by atoms with Gasteiger partial charge in [-0.3, -0.25) is 0 Å². The molecule has 2 aromatic carbocycles. The summed E-state index contributed by atoms with van der Waals surface area (Å²) in [6, 6.07) is 6.23. The van der Waals surface area contributed by atoms with Crippen LogP contribution < -0.4 is 5.73 Å². The van der Waals surface area contributed by atoms with Gasteiger partial charge in [0.05, 0.1) is 6.04 Å². The van der Waals surface area contributed by atoms with Crippen LogP contribution in [0, 0.1) is 17.5 Å². The van der Waals surface area contributed by atoms with Crippen molar-refractivity contribution in [2.75, 3.05) is 0 Å². The number of halogens is 4. The molecule has 2 aromatic rings. The highest BCUT2D eigenvalue weighted by Gasteiger charge is 2.19. The summed E-state index contributed by atoms with van der Waals surface area (Å²) in [5, 5.41) is 0.201. The third-order valence-electron chi connectivity index (χ3n) is 2.61. The SMILES string of the molecule is NC(c1cc(F)ccc1Cl)c1cccc(F)c1F. The molecule has 0 bridgehead atoms. The highest BCUT2D eigenvalue weighted by Crippen LogP contribution is 2.29. The highest BCUT2D eigenvalue weighted by molar-refractivity contribution is 6.31. The van der Waals surface area contributed by atoms with Crippen molar-refractivity contribution in [3.63, 3.8) is 0 Å². The lowest BCUT2D eigenvalue weighted by atomic mass is 9.99. The van der Waals surface area contributed by atoms with E-state index in [1.54, 1.807) is 0 Å². The molecule has 0 aliphatic carbocycles. The molecular formula is C13H9ClF3N. The summed E-state index contributed by atoms with van der Waals surface area (Å²) < 4.78 is 39.8. The molecule has 1 nitrogen and oxygen atoms in total. The number of nitrogens with two attached hydrogens (primary N) is 1. The van der Waals surface area contributed by atoms with Crippen LogP contribution in [0.15, 0.2) is 36.4 Å². The summed E-state index contributed by atoms with van der Waals surface area (Å²) in [6.07, 6.45) is 0. The summed E-state index contributed by atoms with van der Waals surface area (Å²) in [7, 11) is 0. The van der Waals surface area contributed by atoms with Crippen molar-refractivity contribution < 1.29 is 13.2 Å². The fraction of sp³-hybridized carbons (Fsp3) is 0.0769. The topological polar surface area (TPSA) is 26.0 Å². The zero-order chi connectivity index (χ0) is 13.3. The van der Waals surface area contributed by atoms with Crippen LogP contribution in [0.2, 0.25) is 5.02 Å². The Hall–Kier alpha value is -1.52. The Bertz CT molecular complexity index is 584. The molecule has 5 heteroatoms. The first-order valence-corrected chi connectivity index (χ1v) is 5.53. The van der Waals surface area contributed by atoms with Gasteiger partial charge < -0.3 is 5.73 Å². The second-order valence-electron chi connectivity index (χ2n) is 3.79. The third-order valence-corrected chi connectivity index (χ3v) is 2.95. The van der Waals surface area contributed by atoms with Gasteiger partial charge in [0, 0.05) is 10.6 Å². The second kappa shape index (κ2) is 5.00. The highest BCUT2D eigenvalue weighted by atomic mass is 35.5. The van der Waals surface area contributed by atoms with E-state index < -0.39 is 23.5 Å². The molecule has 94 valence electrons. The van der Waals surface area contributed by atoms with Gasteiger partial charge in [-0.25, -0.2) is 13.2 Å². The maximum Gasteiger partial charge on any atom is 0.163 e. The van der Waals surface area contributed by atoms with Gasteiger partial charge in [0.1, 0.15) is 5.82 Å². The molecule has 0 aliphatic rings. The van der Waals surface area contributed by atoms with Crippen LogP contribution in [-0.4, -0.2) is 0 Å². The molecule has 0 aliphatic heterocycles. The molecule has 0 aromatic heterocycles. The van der Waals surface area contributed by atoms with Gasteiger partial charge in [0.15, 0.2) is 11.6 Å². The monoisotopic (exact) mass is 271 g/mol. The molecule has 1 unspecified atom stereocenters. The van der Waals surface area contributed by atoms with E-state index in [0.29, 0.717) is 0 Å². The minimum Gasteiger partial charge on any atom is -0.320 e. The molecule has 0 spiro atoms. The Morgan fingerprint density at radius 1 is 1.00 bits per heavy atom. The van der Waals surface area contributed by atoms with Crippen LogP contribution in [0.3, 0.4) is 0 Å². The maximum atomic E-state index is 13.6. The van der Waals surface area contributed by atoms with Gasteiger partial charge in [-0.15, -0.1) is 0 Å². The van der Waals surface area contributed by atoms with E-state index in [0.717, 1.165) is 12.1 Å². The Morgan fingerprint density at radius 3 is 2.44 bits per heavy atom. The smallest absolute Gasteiger partial charge is 0.163 e. The Balaban J connectivity index is 2.51. The van der Waals surface area contributed by atoms with E-state index in [2.05, 4.69) is 0 Å². The van der Waals surface area contributed by atoms with E-state index in [9.17, 15) is 13.2 Å². The fourth-order valence-corrected chi connectivity index (χ4v) is 1.92. The molecule has 1 atom stereocenters. The van der Waals surface area contributed by atoms with Gasteiger partial charge in [-0.2, -0.15) is 0 Å². The molecule has 0 saturated carbocycles. The van der Waals surface area contributed by atoms with Crippen molar-refractivity contribution in [1.82, 2.24) is 0 Å². The summed E-state index contributed by atoms with van der Waals surface area (Å²) in [6.45, 7) is 0. The largest absolute Gasteiger partial charge is 0.320 e. The first kappa shape index (κ1) is 12.9. The zero-order valence-corrected chi connectivity index (χ0v) is 9.89. The van der Waals surface area contributed by atoms with Crippen LogP contribution in [0.4, 0.5) is 13.2 Å². The Morgan fingerprint density at radius 2 is 1.72 bits per heavy atom. The molecule has 0 fully saturated rings. The molecule has 0 saturated heterocycles. The minimum atomic E-state index is -1.05. The first-order valence-electron chi connectivity index (χ1n) is 5.15. The molecule has 0 heterocycles. The van der Waals surface area contributed by atoms with Crippen LogP contribution in [0.25, 0.3) is 0 Å². The lowest BCUT2D eigenvalue weighted by molar-refractivity contribution is 0.494. The van der Waals surface area contributed by atoms with E-state index >= 15 is 0 Å². The minimum absolute atomic E-state index is 0.0671. The van der Waals surface area contributed by atoms with Gasteiger partial charge in [-0.05, 0) is 29.8 Å². The molecule has 18 heavy (non-hydrogen) atoms. The summed E-state index contributed by atoms with van der Waals surface area (Å²) in [5.41, 5.74) is 5.94. The van der Waals surface area contributed by atoms with Crippen molar-refractivity contribution in [2.45, 2.75) is 6.04 Å². The summed E-state index contributed by atoms with van der Waals surface area (Å²) in [5.74, 6) is -2.59. The Labute approximate surface area is 107 Å². The van der Waals surface area contributed by atoms with Crippen molar-refractivity contribution in [3.8, 4) is 0 Å². The van der Waals surface area contributed by atoms with Crippen molar-refractivity contribution in [1.29, 1.82) is 0 Å². The van der Waals surface area contributed by atoms with Crippen LogP contribution in [-0.2, 0) is 0 Å². The van der Waals surface area contributed by atoms with E-state index in [1.807, 2.05) is 0 Å². The number of rotatable bonds is 2. The van der Waals surface area contributed by atoms with Gasteiger partial charge in [-0.1, -0.05) is 23.7 Å². The van der Waals surface area contributed by atoms with Crippen molar-refractivity contribution in [3.05, 3.63) is 70.0 Å². The van der Waals surface area contributed by atoms with Crippen LogP contribution >= 0.6 is 11.6 Å². The van der Waals surface area contributed by atoms with E-state index in [4.69, 9.17) is 17.3 Å². The molecule has 2 rings (SSSR count). The third kappa shape index (κ3) is 2.35. The predicted molar refractivity (Wildman–Crippen MR) is 63.8 cm³/mol. The van der Waals surface area contributed by atoms with Crippen LogP contribution in [0.1, 0.15) is 17.2 Å². The van der Waals surface area contributed by atoms with Crippen molar-refractivity contribution >= 4 is 11.6 Å². The average Bonchev–Trinajstić information content (AvgIpc) is 2.35. The standard InChI is InChI=1S/C13H9ClF3N/c14-10-5-4-7(15)6-9(10)13(18)8-2-1-3-11(16)12(8)17/h1-6,13H,18H2. The molecule has 2 N–H and O–H groups in total. The molecule has 0 radical (unpaired) electrons. The van der Waals surface area contributed by atoms with Gasteiger partial charge in [0.25, 0.3) is 0 Å². The normalized spacial score (nSPS) is 12.5. The Kier molecular flexibility index (Phi) is 3.59. The quantitative estimate of drug-likeness (QED) is 0.883. The van der Waals surface area contributed by atoms with Gasteiger partial charge in [0.2, 0.25) is 0 Å². The summed E-state index contributed by atoms with van der Waals surface area (Å²) >= 11 is 5.87. The van der Waals surface area contributed by atoms with E-state index in [-0.39, 0.29) is 16.1 Å². The van der Waals surface area contributed by atoms with E-state index in [1.165, 1.54) is 24.3 Å². The lowest BCUT2D eigenvalue weighted by Crippen LogP contribution is -2.15. The zero-order valence-electron chi connectivity index (χ0n) is 9.13. The maximum absolute atomic E-state index is 13.6. The molecular weight excluding hydrogens is 263 g/mol. The number of hydrogen-bond donors (Lipinski definition) is 1. The van der Waals surface area contributed by atoms with Crippen LogP contribution in [0.5, 0.6) is 0 Å². The second-order valence-corrected chi connectivity index (χ2v) is 4.19. The first-order chi connectivity index (χ1) is 8.50. The lowest BCUT2D eigenvalue weighted by Gasteiger charge is -2.15. The van der Waals surface area contributed by atoms with Crippen molar-refractivity contribution in [2.24, 2.45) is 5.73 Å². The molecule has 0 amide bonds. The summed E-state index contributed by atoms with van der Waals surface area (Å²) in [4.78, 5) is 0. The number of hydrogen-bond acceptors (Lipinski definition) is 1. The average molecular weight is 272 g/mol. The number of benzene rings is 2. The fourth-order valence-electron chi connectivity index (χ4n) is 1.68. The predicted octanol–water partition coefficient (Wildman–Crippen LogP) is 3.81.